The van der Waals surface area contributed by atoms with Gasteiger partial charge in [-0.15, -0.1) is 0 Å². The second kappa shape index (κ2) is 10.3. The molecule has 33 heavy (non-hydrogen) atoms. The van der Waals surface area contributed by atoms with E-state index in [1.165, 1.54) is 0 Å². The number of benzene rings is 2. The highest BCUT2D eigenvalue weighted by molar-refractivity contribution is 9.10. The Morgan fingerprint density at radius 2 is 1.91 bits per heavy atom. The van der Waals surface area contributed by atoms with E-state index in [1.54, 1.807) is 0 Å². The Morgan fingerprint density at radius 1 is 1.15 bits per heavy atom. The average Bonchev–Trinajstić information content (AvgIpc) is 2.79. The van der Waals surface area contributed by atoms with Gasteiger partial charge in [-0.25, -0.2) is 4.98 Å². The molecule has 2 atom stereocenters. The Hall–Kier alpha value is -2.25. The van der Waals surface area contributed by atoms with Crippen LogP contribution in [0.3, 0.4) is 0 Å². The summed E-state index contributed by atoms with van der Waals surface area (Å²) < 4.78 is 0.914. The van der Waals surface area contributed by atoms with Crippen LogP contribution in [-0.2, 0) is 0 Å². The fourth-order valence-electron chi connectivity index (χ4n) is 4.21. The number of likely N-dealkylation sites (N-methyl/N-ethyl adjacent to an activating group) is 2. The van der Waals surface area contributed by atoms with E-state index in [4.69, 9.17) is 16.6 Å². The number of carbonyl (C=O) groups excluding carboxylic acids is 1. The Kier molecular flexibility index (Phi) is 7.49. The van der Waals surface area contributed by atoms with Crippen LogP contribution in [0.25, 0.3) is 23.1 Å². The van der Waals surface area contributed by atoms with E-state index < -0.39 is 0 Å². The maximum atomic E-state index is 13.5. The monoisotopic (exact) mass is 526 g/mol. The second-order valence-corrected chi connectivity index (χ2v) is 10.1. The molecule has 172 valence electrons. The van der Waals surface area contributed by atoms with E-state index in [1.807, 2.05) is 60.7 Å². The van der Waals surface area contributed by atoms with Gasteiger partial charge in [-0.05, 0) is 69.1 Å². The summed E-state index contributed by atoms with van der Waals surface area (Å²) in [5.74, 6) is -0.0873. The van der Waals surface area contributed by atoms with Crippen LogP contribution in [-0.4, -0.2) is 66.5 Å². The zero-order chi connectivity index (χ0) is 23.5. The van der Waals surface area contributed by atoms with Gasteiger partial charge in [0.2, 0.25) is 0 Å². The van der Waals surface area contributed by atoms with Gasteiger partial charge >= 0.3 is 0 Å². The lowest BCUT2D eigenvalue weighted by atomic mass is 10.0. The third-order valence-electron chi connectivity index (χ3n) is 6.19. The van der Waals surface area contributed by atoms with Crippen molar-refractivity contribution in [3.05, 3.63) is 74.8 Å². The molecule has 2 aromatic carbocycles. The van der Waals surface area contributed by atoms with Crippen molar-refractivity contribution < 1.29 is 4.79 Å². The third-order valence-corrected chi connectivity index (χ3v) is 6.93. The summed E-state index contributed by atoms with van der Waals surface area (Å²) in [6, 6.07) is 15.6. The summed E-state index contributed by atoms with van der Waals surface area (Å²) in [4.78, 5) is 22.8. The summed E-state index contributed by atoms with van der Waals surface area (Å²) >= 11 is 9.52. The van der Waals surface area contributed by atoms with Crippen molar-refractivity contribution >= 4 is 56.5 Å². The summed E-state index contributed by atoms with van der Waals surface area (Å²) in [6.45, 7) is 5.04. The smallest absolute Gasteiger partial charge is 0.252 e. The number of nitrogens with one attached hydrogen (secondary N) is 1. The number of amides is 1. The van der Waals surface area contributed by atoms with Gasteiger partial charge < -0.3 is 10.2 Å². The van der Waals surface area contributed by atoms with E-state index in [0.717, 1.165) is 46.3 Å². The van der Waals surface area contributed by atoms with Crippen LogP contribution in [0.2, 0.25) is 5.02 Å². The first kappa shape index (κ1) is 23.9. The summed E-state index contributed by atoms with van der Waals surface area (Å²) in [6.07, 6.45) is 3.90. The molecule has 2 heterocycles. The maximum absolute atomic E-state index is 13.5. The molecule has 0 aliphatic carbocycles. The van der Waals surface area contributed by atoms with E-state index in [-0.39, 0.29) is 18.0 Å². The van der Waals surface area contributed by atoms with Gasteiger partial charge in [-0.2, -0.15) is 0 Å². The molecule has 0 radical (unpaired) electrons. The van der Waals surface area contributed by atoms with Gasteiger partial charge in [-0.3, -0.25) is 9.69 Å². The molecule has 1 amide bonds. The van der Waals surface area contributed by atoms with E-state index >= 15 is 0 Å². The van der Waals surface area contributed by atoms with Crippen LogP contribution in [0.5, 0.6) is 0 Å². The fourth-order valence-corrected chi connectivity index (χ4v) is 4.70. The first-order valence-corrected chi connectivity index (χ1v) is 12.2. The van der Waals surface area contributed by atoms with Gasteiger partial charge in [-0.1, -0.05) is 45.7 Å². The number of hydrogen-bond donors (Lipinski definition) is 1. The van der Waals surface area contributed by atoms with Crippen LogP contribution < -0.4 is 5.32 Å². The molecule has 0 saturated carbocycles. The molecule has 1 saturated heterocycles. The SMILES string of the molecule is CC(NC(=O)c1cc(/C=C/c2ccc(Cl)cc2)nc2ccc(Br)cc12)C1CN(C)CCN1C. The molecule has 3 aromatic rings. The lowest BCUT2D eigenvalue weighted by molar-refractivity contribution is 0.0773. The van der Waals surface area contributed by atoms with Crippen LogP contribution in [0.15, 0.2) is 53.0 Å². The average molecular weight is 528 g/mol. The minimum atomic E-state index is -0.0873. The highest BCUT2D eigenvalue weighted by Gasteiger charge is 2.28. The standard InChI is InChI=1S/C26H28BrClN4O/c1-17(25-16-31(2)12-13-32(25)3)29-26(33)23-15-21(10-6-18-4-8-20(28)9-5-18)30-24-11-7-19(27)14-22(23)24/h4-11,14-15,17,25H,12-13,16H2,1-3H3,(H,29,33)/b10-6+. The molecule has 1 N–H and O–H groups in total. The van der Waals surface area contributed by atoms with Crippen LogP contribution >= 0.6 is 27.5 Å². The second-order valence-electron chi connectivity index (χ2n) is 8.71. The number of halogens is 2. The topological polar surface area (TPSA) is 48.5 Å². The van der Waals surface area contributed by atoms with Crippen molar-refractivity contribution in [3.8, 4) is 0 Å². The number of nitrogens with zero attached hydrogens (tertiary/aromatic N) is 3. The summed E-state index contributed by atoms with van der Waals surface area (Å²) in [5.41, 5.74) is 3.15. The van der Waals surface area contributed by atoms with Gasteiger partial charge in [0.05, 0.1) is 16.8 Å². The highest BCUT2D eigenvalue weighted by Crippen LogP contribution is 2.24. The lowest BCUT2D eigenvalue weighted by Gasteiger charge is -2.41. The molecule has 1 aliphatic rings. The number of pyridine rings is 1. The molecule has 2 unspecified atom stereocenters. The van der Waals surface area contributed by atoms with Gasteiger partial charge in [0, 0.05) is 46.6 Å². The van der Waals surface area contributed by atoms with Gasteiger partial charge in [0.15, 0.2) is 0 Å². The lowest BCUT2D eigenvalue weighted by Crippen LogP contribution is -2.58. The first-order chi connectivity index (χ1) is 15.8. The van der Waals surface area contributed by atoms with Crippen molar-refractivity contribution in [2.45, 2.75) is 19.0 Å². The third kappa shape index (κ3) is 5.82. The highest BCUT2D eigenvalue weighted by atomic mass is 79.9. The largest absolute Gasteiger partial charge is 0.348 e. The quantitative estimate of drug-likeness (QED) is 0.496. The number of piperazine rings is 1. The summed E-state index contributed by atoms with van der Waals surface area (Å²) in [7, 11) is 4.25. The zero-order valence-electron chi connectivity index (χ0n) is 19.1. The molecule has 1 aliphatic heterocycles. The van der Waals surface area contributed by atoms with Crippen LogP contribution in [0.4, 0.5) is 0 Å². The predicted molar refractivity (Wildman–Crippen MR) is 141 cm³/mol. The zero-order valence-corrected chi connectivity index (χ0v) is 21.4. The van der Waals surface area contributed by atoms with Gasteiger partial charge in [0.25, 0.3) is 5.91 Å². The predicted octanol–water partition coefficient (Wildman–Crippen LogP) is 5.19. The van der Waals surface area contributed by atoms with Crippen molar-refractivity contribution in [2.24, 2.45) is 0 Å². The Morgan fingerprint density at radius 3 is 2.67 bits per heavy atom. The summed E-state index contributed by atoms with van der Waals surface area (Å²) in [5, 5.41) is 4.77. The normalized spacial score (nSPS) is 18.6. The number of rotatable bonds is 5. The maximum Gasteiger partial charge on any atom is 0.252 e. The molecular weight excluding hydrogens is 500 g/mol. The Bertz CT molecular complexity index is 1180. The molecule has 1 fully saturated rings. The van der Waals surface area contributed by atoms with Crippen LogP contribution in [0.1, 0.15) is 28.5 Å². The number of fused-ring (bicyclic) bond motifs is 1. The van der Waals surface area contributed by atoms with Crippen molar-refractivity contribution in [2.75, 3.05) is 33.7 Å². The van der Waals surface area contributed by atoms with Crippen molar-refractivity contribution in [1.82, 2.24) is 20.1 Å². The molecule has 7 heteroatoms. The minimum Gasteiger partial charge on any atom is -0.348 e. The number of hydrogen-bond acceptors (Lipinski definition) is 4. The number of carbonyl (C=O) groups is 1. The number of aromatic nitrogens is 1. The van der Waals surface area contributed by atoms with E-state index in [2.05, 4.69) is 52.1 Å². The van der Waals surface area contributed by atoms with Crippen molar-refractivity contribution in [3.63, 3.8) is 0 Å². The van der Waals surface area contributed by atoms with Gasteiger partial charge in [0.1, 0.15) is 0 Å². The van der Waals surface area contributed by atoms with Crippen LogP contribution in [0, 0.1) is 0 Å². The molecule has 0 bridgehead atoms. The first-order valence-electron chi connectivity index (χ1n) is 11.0. The minimum absolute atomic E-state index is 0.00803. The molecule has 4 rings (SSSR count). The van der Waals surface area contributed by atoms with Crippen molar-refractivity contribution in [1.29, 1.82) is 0 Å². The Labute approximate surface area is 208 Å². The fraction of sp³-hybridized carbons (Fsp3) is 0.308. The molecule has 1 aromatic heterocycles. The molecule has 0 spiro atoms. The molecular formula is C26H28BrClN4O. The Balaban J connectivity index is 1.64. The molecule has 5 nitrogen and oxygen atoms in total. The van der Waals surface area contributed by atoms with E-state index in [0.29, 0.717) is 10.6 Å². The van der Waals surface area contributed by atoms with E-state index in [9.17, 15) is 4.79 Å².